The lowest BCUT2D eigenvalue weighted by Crippen LogP contribution is -2.51. The highest BCUT2D eigenvalue weighted by Gasteiger charge is 2.41. The van der Waals surface area contributed by atoms with Crippen LogP contribution in [0.3, 0.4) is 0 Å². The van der Waals surface area contributed by atoms with Gasteiger partial charge in [0.25, 0.3) is 0 Å². The molecular formula is C15H19NO4. The lowest BCUT2D eigenvalue weighted by molar-refractivity contribution is -0.192. The van der Waals surface area contributed by atoms with Crippen LogP contribution < -0.4 is 0 Å². The number of likely N-dealkylation sites (tertiary alicyclic amines) is 1. The largest absolute Gasteiger partial charge is 0.508 e. The van der Waals surface area contributed by atoms with Gasteiger partial charge >= 0.3 is 0 Å². The van der Waals surface area contributed by atoms with E-state index in [1.54, 1.807) is 23.1 Å². The molecule has 0 aliphatic carbocycles. The van der Waals surface area contributed by atoms with Crippen LogP contribution in [0, 0.1) is 0 Å². The quantitative estimate of drug-likeness (QED) is 0.885. The third-order valence-corrected chi connectivity index (χ3v) is 3.92. The Kier molecular flexibility index (Phi) is 3.63. The van der Waals surface area contributed by atoms with E-state index < -0.39 is 5.79 Å². The minimum absolute atomic E-state index is 0.00433. The van der Waals surface area contributed by atoms with Crippen molar-refractivity contribution in [3.8, 4) is 5.75 Å². The van der Waals surface area contributed by atoms with Gasteiger partial charge in [-0.05, 0) is 12.5 Å². The van der Waals surface area contributed by atoms with E-state index in [4.69, 9.17) is 9.47 Å². The molecule has 0 unspecified atom stereocenters. The number of nitrogens with zero attached hydrogens (tertiary/aromatic N) is 1. The van der Waals surface area contributed by atoms with Crippen molar-refractivity contribution in [1.82, 2.24) is 4.90 Å². The number of ether oxygens (including phenoxy) is 2. The Hall–Kier alpha value is -1.59. The van der Waals surface area contributed by atoms with Crippen molar-refractivity contribution in [2.45, 2.75) is 25.0 Å². The first-order chi connectivity index (χ1) is 9.69. The number of para-hydroxylation sites is 1. The molecule has 1 spiro atoms. The van der Waals surface area contributed by atoms with Crippen LogP contribution in [0.5, 0.6) is 5.75 Å². The predicted molar refractivity (Wildman–Crippen MR) is 72.3 cm³/mol. The molecule has 0 bridgehead atoms. The van der Waals surface area contributed by atoms with Gasteiger partial charge in [0.05, 0.1) is 26.2 Å². The van der Waals surface area contributed by atoms with Gasteiger partial charge in [-0.1, -0.05) is 18.2 Å². The number of carbonyl (C=O) groups is 1. The maximum atomic E-state index is 12.4. The second-order valence-electron chi connectivity index (χ2n) is 5.33. The van der Waals surface area contributed by atoms with Crippen molar-refractivity contribution in [3.63, 3.8) is 0 Å². The van der Waals surface area contributed by atoms with Gasteiger partial charge in [0.2, 0.25) is 5.91 Å². The highest BCUT2D eigenvalue weighted by atomic mass is 16.7. The molecule has 108 valence electrons. The van der Waals surface area contributed by atoms with Gasteiger partial charge in [-0.15, -0.1) is 0 Å². The van der Waals surface area contributed by atoms with Gasteiger partial charge < -0.3 is 19.5 Å². The van der Waals surface area contributed by atoms with Crippen molar-refractivity contribution in [2.24, 2.45) is 0 Å². The Morgan fingerprint density at radius 1 is 1.30 bits per heavy atom. The average Bonchev–Trinajstić information content (AvgIpc) is 2.89. The fraction of sp³-hybridized carbons (Fsp3) is 0.533. The Morgan fingerprint density at radius 3 is 2.80 bits per heavy atom. The summed E-state index contributed by atoms with van der Waals surface area (Å²) in [5, 5.41) is 9.74. The molecule has 0 atom stereocenters. The number of phenols is 1. The molecule has 2 saturated heterocycles. The van der Waals surface area contributed by atoms with Crippen LogP contribution in [0.25, 0.3) is 0 Å². The molecule has 20 heavy (non-hydrogen) atoms. The maximum Gasteiger partial charge on any atom is 0.227 e. The number of hydrogen-bond donors (Lipinski definition) is 1. The van der Waals surface area contributed by atoms with Crippen LogP contribution in [0.1, 0.15) is 18.4 Å². The zero-order chi connectivity index (χ0) is 14.0. The monoisotopic (exact) mass is 277 g/mol. The lowest BCUT2D eigenvalue weighted by Gasteiger charge is -2.38. The Bertz CT molecular complexity index is 496. The standard InChI is InChI=1S/C15H19NO4/c17-13-5-2-1-4-12(13)10-14(18)16-7-3-6-15(11-16)19-8-9-20-15/h1-2,4-5,17H,3,6-11H2. The van der Waals surface area contributed by atoms with Gasteiger partial charge in [0, 0.05) is 18.5 Å². The van der Waals surface area contributed by atoms with E-state index in [0.717, 1.165) is 19.4 Å². The predicted octanol–water partition coefficient (Wildman–Crippen LogP) is 1.30. The smallest absolute Gasteiger partial charge is 0.227 e. The van der Waals surface area contributed by atoms with Gasteiger partial charge in [-0.25, -0.2) is 0 Å². The van der Waals surface area contributed by atoms with Crippen LogP contribution in [-0.2, 0) is 20.7 Å². The lowest BCUT2D eigenvalue weighted by atomic mass is 10.0. The van der Waals surface area contributed by atoms with E-state index in [0.29, 0.717) is 25.3 Å². The van der Waals surface area contributed by atoms with Gasteiger partial charge in [-0.2, -0.15) is 0 Å². The number of aromatic hydroxyl groups is 1. The summed E-state index contributed by atoms with van der Waals surface area (Å²) in [7, 11) is 0. The number of piperidine rings is 1. The summed E-state index contributed by atoms with van der Waals surface area (Å²) in [6.07, 6.45) is 1.93. The van der Waals surface area contributed by atoms with Gasteiger partial charge in [0.1, 0.15) is 5.75 Å². The summed E-state index contributed by atoms with van der Waals surface area (Å²) < 4.78 is 11.3. The number of amides is 1. The number of rotatable bonds is 2. The molecule has 1 amide bonds. The number of hydrogen-bond acceptors (Lipinski definition) is 4. The Balaban J connectivity index is 1.66. The molecule has 0 radical (unpaired) electrons. The van der Waals surface area contributed by atoms with E-state index in [9.17, 15) is 9.90 Å². The first kappa shape index (κ1) is 13.4. The third kappa shape index (κ3) is 2.64. The normalized spacial score (nSPS) is 21.3. The molecule has 1 aromatic carbocycles. The van der Waals surface area contributed by atoms with Gasteiger partial charge in [-0.3, -0.25) is 4.79 Å². The van der Waals surface area contributed by atoms with Crippen LogP contribution in [-0.4, -0.2) is 48.0 Å². The zero-order valence-corrected chi connectivity index (χ0v) is 11.4. The first-order valence-electron chi connectivity index (χ1n) is 7.01. The molecule has 2 aliphatic rings. The molecule has 5 heteroatoms. The van der Waals surface area contributed by atoms with E-state index in [1.165, 1.54) is 0 Å². The van der Waals surface area contributed by atoms with Crippen LogP contribution >= 0.6 is 0 Å². The summed E-state index contributed by atoms with van der Waals surface area (Å²) >= 11 is 0. The summed E-state index contributed by atoms with van der Waals surface area (Å²) in [6, 6.07) is 6.95. The van der Waals surface area contributed by atoms with E-state index in [1.807, 2.05) is 6.07 Å². The highest BCUT2D eigenvalue weighted by molar-refractivity contribution is 5.79. The SMILES string of the molecule is O=C(Cc1ccccc1O)N1CCCC2(C1)OCCO2. The topological polar surface area (TPSA) is 59.0 Å². The summed E-state index contributed by atoms with van der Waals surface area (Å²) in [6.45, 7) is 2.41. The van der Waals surface area contributed by atoms with E-state index in [-0.39, 0.29) is 18.1 Å². The summed E-state index contributed by atoms with van der Waals surface area (Å²) in [5.74, 6) is -0.419. The first-order valence-corrected chi connectivity index (χ1v) is 7.01. The molecule has 2 fully saturated rings. The molecule has 0 saturated carbocycles. The fourth-order valence-corrected chi connectivity index (χ4v) is 2.87. The second-order valence-corrected chi connectivity index (χ2v) is 5.33. The van der Waals surface area contributed by atoms with E-state index in [2.05, 4.69) is 0 Å². The van der Waals surface area contributed by atoms with Crippen molar-refractivity contribution < 1.29 is 19.4 Å². The molecule has 2 aliphatic heterocycles. The highest BCUT2D eigenvalue weighted by Crippen LogP contribution is 2.30. The second kappa shape index (κ2) is 5.42. The average molecular weight is 277 g/mol. The zero-order valence-electron chi connectivity index (χ0n) is 11.4. The van der Waals surface area contributed by atoms with Crippen molar-refractivity contribution in [1.29, 1.82) is 0 Å². The Morgan fingerprint density at radius 2 is 2.05 bits per heavy atom. The summed E-state index contributed by atoms with van der Waals surface area (Å²) in [4.78, 5) is 14.1. The molecule has 3 rings (SSSR count). The fourth-order valence-electron chi connectivity index (χ4n) is 2.87. The molecule has 0 aromatic heterocycles. The minimum Gasteiger partial charge on any atom is -0.508 e. The number of benzene rings is 1. The van der Waals surface area contributed by atoms with Crippen LogP contribution in [0.15, 0.2) is 24.3 Å². The van der Waals surface area contributed by atoms with Crippen LogP contribution in [0.2, 0.25) is 0 Å². The Labute approximate surface area is 118 Å². The molecule has 2 heterocycles. The molecule has 1 N–H and O–H groups in total. The van der Waals surface area contributed by atoms with Crippen molar-refractivity contribution >= 4 is 5.91 Å². The molecular weight excluding hydrogens is 258 g/mol. The van der Waals surface area contributed by atoms with Crippen molar-refractivity contribution in [3.05, 3.63) is 29.8 Å². The molecule has 1 aromatic rings. The number of phenolic OH excluding ortho intramolecular Hbond substituents is 1. The maximum absolute atomic E-state index is 12.4. The van der Waals surface area contributed by atoms with Crippen molar-refractivity contribution in [2.75, 3.05) is 26.3 Å². The minimum atomic E-state index is -0.591. The summed E-state index contributed by atoms with van der Waals surface area (Å²) in [5.41, 5.74) is 0.658. The van der Waals surface area contributed by atoms with Gasteiger partial charge in [0.15, 0.2) is 5.79 Å². The van der Waals surface area contributed by atoms with E-state index >= 15 is 0 Å². The van der Waals surface area contributed by atoms with Crippen LogP contribution in [0.4, 0.5) is 0 Å². The third-order valence-electron chi connectivity index (χ3n) is 3.92. The molecule has 5 nitrogen and oxygen atoms in total. The number of carbonyl (C=O) groups excluding carboxylic acids is 1.